The third-order valence-electron chi connectivity index (χ3n) is 4.01. The van der Waals surface area contributed by atoms with Crippen LogP contribution in [0, 0.1) is 6.92 Å². The number of rotatable bonds is 6. The highest BCUT2D eigenvalue weighted by molar-refractivity contribution is 7.89. The van der Waals surface area contributed by atoms with Crippen molar-refractivity contribution in [2.75, 3.05) is 0 Å². The lowest BCUT2D eigenvalue weighted by molar-refractivity contribution is -0.150. The van der Waals surface area contributed by atoms with Gasteiger partial charge in [-0.1, -0.05) is 24.1 Å². The molecular weight excluding hydrogens is 314 g/mol. The minimum atomic E-state index is -3.61. The van der Waals surface area contributed by atoms with E-state index in [0.717, 1.165) is 31.2 Å². The third-order valence-corrected chi connectivity index (χ3v) is 5.62. The van der Waals surface area contributed by atoms with Crippen LogP contribution in [0.25, 0.3) is 0 Å². The molecule has 0 aliphatic heterocycles. The average molecular weight is 339 g/mol. The van der Waals surface area contributed by atoms with Crippen LogP contribution < -0.4 is 4.72 Å². The lowest BCUT2D eigenvalue weighted by Crippen LogP contribution is -2.35. The van der Waals surface area contributed by atoms with Crippen LogP contribution in [-0.4, -0.2) is 26.5 Å². The Balaban J connectivity index is 1.86. The highest BCUT2D eigenvalue weighted by Gasteiger charge is 2.22. The monoisotopic (exact) mass is 339 g/mol. The Bertz CT molecular complexity index is 618. The Morgan fingerprint density at radius 1 is 1.22 bits per heavy atom. The molecule has 23 heavy (non-hydrogen) atoms. The number of ether oxygens (including phenoxy) is 1. The average Bonchev–Trinajstić information content (AvgIpc) is 2.47. The molecule has 5 nitrogen and oxygen atoms in total. The summed E-state index contributed by atoms with van der Waals surface area (Å²) in [5.74, 6) is -0.337. The predicted octanol–water partition coefficient (Wildman–Crippen LogP) is 2.93. The number of hydrogen-bond donors (Lipinski definition) is 1. The van der Waals surface area contributed by atoms with Gasteiger partial charge >= 0.3 is 5.97 Å². The van der Waals surface area contributed by atoms with Gasteiger partial charge in [0.2, 0.25) is 10.0 Å². The lowest BCUT2D eigenvalue weighted by atomic mass is 9.98. The molecule has 6 heteroatoms. The Kier molecular flexibility index (Phi) is 6.18. The summed E-state index contributed by atoms with van der Waals surface area (Å²) >= 11 is 0. The number of nitrogens with one attached hydrogen (secondary N) is 1. The minimum Gasteiger partial charge on any atom is -0.462 e. The molecule has 0 heterocycles. The van der Waals surface area contributed by atoms with E-state index in [1.54, 1.807) is 31.2 Å². The molecule has 1 aromatic carbocycles. The molecule has 1 fully saturated rings. The van der Waals surface area contributed by atoms with Crippen molar-refractivity contribution in [3.63, 3.8) is 0 Å². The Hall–Kier alpha value is -1.40. The van der Waals surface area contributed by atoms with Crippen molar-refractivity contribution in [2.24, 2.45) is 0 Å². The van der Waals surface area contributed by atoms with Crippen LogP contribution >= 0.6 is 0 Å². The van der Waals surface area contributed by atoms with Gasteiger partial charge in [0.1, 0.15) is 6.10 Å². The van der Waals surface area contributed by atoms with E-state index in [-0.39, 0.29) is 23.4 Å². The molecule has 1 aliphatic rings. The van der Waals surface area contributed by atoms with E-state index in [2.05, 4.69) is 4.72 Å². The molecular formula is C17H25NO4S. The maximum atomic E-state index is 12.3. The number of sulfonamides is 1. The SMILES string of the molecule is Cc1ccc(S(=O)(=O)N[C@@H](C)CC(=O)OC2CCCCC2)cc1. The summed E-state index contributed by atoms with van der Waals surface area (Å²) in [5, 5.41) is 0. The highest BCUT2D eigenvalue weighted by Crippen LogP contribution is 2.21. The molecule has 1 atom stereocenters. The fraction of sp³-hybridized carbons (Fsp3) is 0.588. The first kappa shape index (κ1) is 17.9. The van der Waals surface area contributed by atoms with E-state index in [0.29, 0.717) is 0 Å². The molecule has 1 aliphatic carbocycles. The van der Waals surface area contributed by atoms with Crippen molar-refractivity contribution < 1.29 is 17.9 Å². The molecule has 0 bridgehead atoms. The molecule has 0 spiro atoms. The smallest absolute Gasteiger partial charge is 0.307 e. The number of esters is 1. The van der Waals surface area contributed by atoms with Gasteiger partial charge in [0, 0.05) is 6.04 Å². The molecule has 0 aromatic heterocycles. The van der Waals surface area contributed by atoms with E-state index in [1.165, 1.54) is 6.42 Å². The van der Waals surface area contributed by atoms with Gasteiger partial charge < -0.3 is 4.74 Å². The van der Waals surface area contributed by atoms with Gasteiger partial charge in [-0.15, -0.1) is 0 Å². The molecule has 0 amide bonds. The summed E-state index contributed by atoms with van der Waals surface area (Å²) < 4.78 is 32.5. The van der Waals surface area contributed by atoms with E-state index in [1.807, 2.05) is 6.92 Å². The van der Waals surface area contributed by atoms with Gasteiger partial charge in [-0.05, 0) is 51.7 Å². The van der Waals surface area contributed by atoms with Crippen LogP contribution in [0.2, 0.25) is 0 Å². The maximum absolute atomic E-state index is 12.3. The van der Waals surface area contributed by atoms with Crippen molar-refractivity contribution in [3.05, 3.63) is 29.8 Å². The first-order chi connectivity index (χ1) is 10.9. The van der Waals surface area contributed by atoms with Crippen LogP contribution in [0.1, 0.15) is 51.0 Å². The topological polar surface area (TPSA) is 72.5 Å². The van der Waals surface area contributed by atoms with Gasteiger partial charge in [-0.3, -0.25) is 4.79 Å². The number of aryl methyl sites for hydroxylation is 1. The summed E-state index contributed by atoms with van der Waals surface area (Å²) in [5.41, 5.74) is 0.994. The fourth-order valence-corrected chi connectivity index (χ4v) is 4.00. The van der Waals surface area contributed by atoms with Crippen molar-refractivity contribution in [2.45, 2.75) is 69.4 Å². The maximum Gasteiger partial charge on any atom is 0.307 e. The number of benzene rings is 1. The number of hydrogen-bond acceptors (Lipinski definition) is 4. The standard InChI is InChI=1S/C17H25NO4S/c1-13-8-10-16(11-9-13)23(20,21)18-14(2)12-17(19)22-15-6-4-3-5-7-15/h8-11,14-15,18H,3-7,12H2,1-2H3/t14-/m0/s1. The summed E-state index contributed by atoms with van der Waals surface area (Å²) in [4.78, 5) is 12.1. The van der Waals surface area contributed by atoms with Crippen LogP contribution in [0.3, 0.4) is 0 Å². The van der Waals surface area contributed by atoms with Gasteiger partial charge in [0.25, 0.3) is 0 Å². The summed E-state index contributed by atoms with van der Waals surface area (Å²) in [6.07, 6.45) is 5.24. The number of carbonyl (C=O) groups is 1. The predicted molar refractivity (Wildman–Crippen MR) is 88.5 cm³/mol. The van der Waals surface area contributed by atoms with E-state index in [9.17, 15) is 13.2 Å². The lowest BCUT2D eigenvalue weighted by Gasteiger charge is -2.22. The van der Waals surface area contributed by atoms with Gasteiger partial charge in [-0.2, -0.15) is 0 Å². The quantitative estimate of drug-likeness (QED) is 0.809. The summed E-state index contributed by atoms with van der Waals surface area (Å²) in [6.45, 7) is 3.57. The van der Waals surface area contributed by atoms with Crippen molar-refractivity contribution >= 4 is 16.0 Å². The number of carbonyl (C=O) groups excluding carboxylic acids is 1. The van der Waals surface area contributed by atoms with Gasteiger partial charge in [0.05, 0.1) is 11.3 Å². The van der Waals surface area contributed by atoms with Crippen molar-refractivity contribution in [3.8, 4) is 0 Å². The van der Waals surface area contributed by atoms with E-state index in [4.69, 9.17) is 4.74 Å². The van der Waals surface area contributed by atoms with Crippen LogP contribution in [0.4, 0.5) is 0 Å². The zero-order valence-corrected chi connectivity index (χ0v) is 14.6. The molecule has 1 aromatic rings. The summed E-state index contributed by atoms with van der Waals surface area (Å²) in [6, 6.07) is 6.11. The minimum absolute atomic E-state index is 0.00263. The van der Waals surface area contributed by atoms with Crippen LogP contribution in [0.5, 0.6) is 0 Å². The largest absolute Gasteiger partial charge is 0.462 e. The third kappa shape index (κ3) is 5.62. The highest BCUT2D eigenvalue weighted by atomic mass is 32.2. The molecule has 1 N–H and O–H groups in total. The molecule has 0 unspecified atom stereocenters. The Morgan fingerprint density at radius 3 is 2.43 bits per heavy atom. The fourth-order valence-electron chi connectivity index (χ4n) is 2.76. The molecule has 0 saturated heterocycles. The van der Waals surface area contributed by atoms with Crippen LogP contribution in [-0.2, 0) is 19.6 Å². The van der Waals surface area contributed by atoms with Crippen molar-refractivity contribution in [1.82, 2.24) is 4.72 Å². The Morgan fingerprint density at radius 2 is 1.83 bits per heavy atom. The Labute approximate surface area is 138 Å². The molecule has 2 rings (SSSR count). The van der Waals surface area contributed by atoms with Crippen molar-refractivity contribution in [1.29, 1.82) is 0 Å². The first-order valence-electron chi connectivity index (χ1n) is 8.15. The molecule has 0 radical (unpaired) electrons. The van der Waals surface area contributed by atoms with E-state index >= 15 is 0 Å². The second-order valence-corrected chi connectivity index (χ2v) is 8.00. The van der Waals surface area contributed by atoms with E-state index < -0.39 is 16.1 Å². The molecule has 128 valence electrons. The zero-order valence-electron chi connectivity index (χ0n) is 13.7. The molecule has 1 saturated carbocycles. The normalized spacial score (nSPS) is 17.7. The second kappa shape index (κ2) is 7.93. The first-order valence-corrected chi connectivity index (χ1v) is 9.63. The second-order valence-electron chi connectivity index (χ2n) is 6.29. The van der Waals surface area contributed by atoms with Gasteiger partial charge in [-0.25, -0.2) is 13.1 Å². The van der Waals surface area contributed by atoms with Gasteiger partial charge in [0.15, 0.2) is 0 Å². The van der Waals surface area contributed by atoms with Crippen LogP contribution in [0.15, 0.2) is 29.2 Å². The summed E-state index contributed by atoms with van der Waals surface area (Å²) in [7, 11) is -3.61. The zero-order chi connectivity index (χ0) is 16.9.